The van der Waals surface area contributed by atoms with E-state index in [1.165, 1.54) is 9.88 Å². The summed E-state index contributed by atoms with van der Waals surface area (Å²) in [6, 6.07) is 8.00. The van der Waals surface area contributed by atoms with Crippen molar-refractivity contribution in [3.63, 3.8) is 0 Å². The molecule has 0 radical (unpaired) electrons. The molecule has 0 bridgehead atoms. The van der Waals surface area contributed by atoms with Crippen LogP contribution in [0.1, 0.15) is 49.3 Å². The quantitative estimate of drug-likeness (QED) is 0.827. The van der Waals surface area contributed by atoms with Crippen molar-refractivity contribution in [2.45, 2.75) is 46.1 Å². The second-order valence-electron chi connectivity index (χ2n) is 6.68. The summed E-state index contributed by atoms with van der Waals surface area (Å²) in [6.45, 7) is 11.2. The number of ether oxygens (including phenoxy) is 1. The second-order valence-corrected chi connectivity index (χ2v) is 7.71. The van der Waals surface area contributed by atoms with Crippen LogP contribution in [0.25, 0.3) is 0 Å². The van der Waals surface area contributed by atoms with E-state index in [4.69, 9.17) is 14.8 Å². The molecule has 0 aliphatic carbocycles. The fourth-order valence-corrected chi connectivity index (χ4v) is 3.38. The Bertz CT molecular complexity index is 629. The molecule has 1 atom stereocenters. The molecule has 0 saturated carbocycles. The van der Waals surface area contributed by atoms with Crippen LogP contribution in [0, 0.1) is 6.92 Å². The van der Waals surface area contributed by atoms with E-state index < -0.39 is 0 Å². The third-order valence-electron chi connectivity index (χ3n) is 3.46. The molecule has 5 heteroatoms. The summed E-state index contributed by atoms with van der Waals surface area (Å²) in [7, 11) is 0. The van der Waals surface area contributed by atoms with Crippen molar-refractivity contribution in [2.24, 2.45) is 0 Å². The number of thiazole rings is 1. The van der Waals surface area contributed by atoms with Crippen molar-refractivity contribution in [2.75, 3.05) is 18.5 Å². The van der Waals surface area contributed by atoms with Gasteiger partial charge < -0.3 is 15.2 Å². The summed E-state index contributed by atoms with van der Waals surface area (Å²) in [5.74, 6) is 0.765. The number of nitrogens with zero attached hydrogens (tertiary/aromatic N) is 1. The van der Waals surface area contributed by atoms with Gasteiger partial charge in [-0.15, -0.1) is 11.3 Å². The Morgan fingerprint density at radius 2 is 1.91 bits per heavy atom. The van der Waals surface area contributed by atoms with Gasteiger partial charge in [0.05, 0.1) is 23.4 Å². The summed E-state index contributed by atoms with van der Waals surface area (Å²) in [4.78, 5) is 6.00. The van der Waals surface area contributed by atoms with Crippen LogP contribution in [0.3, 0.4) is 0 Å². The van der Waals surface area contributed by atoms with Crippen LogP contribution in [0.5, 0.6) is 5.75 Å². The molecule has 126 valence electrons. The minimum Gasteiger partial charge on any atom is -0.491 e. The number of hydrogen-bond donors (Lipinski definition) is 2. The van der Waals surface area contributed by atoms with Gasteiger partial charge in [-0.2, -0.15) is 0 Å². The summed E-state index contributed by atoms with van der Waals surface area (Å²) in [6.07, 6.45) is 0. The second kappa shape index (κ2) is 7.32. The number of anilines is 1. The zero-order valence-electron chi connectivity index (χ0n) is 14.5. The zero-order valence-corrected chi connectivity index (χ0v) is 15.3. The van der Waals surface area contributed by atoms with Crippen LogP contribution in [0.15, 0.2) is 24.3 Å². The highest BCUT2D eigenvalue weighted by molar-refractivity contribution is 7.12. The fraction of sp³-hybridized carbons (Fsp3) is 0.500. The molecule has 0 spiro atoms. The number of hydrogen-bond acceptors (Lipinski definition) is 5. The molecular weight excluding hydrogens is 308 g/mol. The lowest BCUT2D eigenvalue weighted by molar-refractivity contribution is 0.201. The molecular formula is C18H26N2O2S. The van der Waals surface area contributed by atoms with Gasteiger partial charge in [0.25, 0.3) is 0 Å². The van der Waals surface area contributed by atoms with E-state index in [0.717, 1.165) is 17.1 Å². The minimum absolute atomic E-state index is 0.0256. The van der Waals surface area contributed by atoms with Gasteiger partial charge in [0.1, 0.15) is 12.4 Å². The normalized spacial score (nSPS) is 13.0. The number of aromatic nitrogens is 1. The molecule has 23 heavy (non-hydrogen) atoms. The number of rotatable bonds is 6. The Morgan fingerprint density at radius 1 is 1.26 bits per heavy atom. The van der Waals surface area contributed by atoms with Gasteiger partial charge >= 0.3 is 0 Å². The first-order chi connectivity index (χ1) is 10.8. The predicted molar refractivity (Wildman–Crippen MR) is 96.6 cm³/mol. The Morgan fingerprint density at radius 3 is 2.43 bits per heavy atom. The van der Waals surface area contributed by atoms with E-state index in [-0.39, 0.29) is 18.1 Å². The highest BCUT2D eigenvalue weighted by Crippen LogP contribution is 2.33. The summed E-state index contributed by atoms with van der Waals surface area (Å²) in [5, 5.41) is 13.5. The maximum atomic E-state index is 8.77. The Labute approximate surface area is 142 Å². The van der Waals surface area contributed by atoms with Crippen LogP contribution >= 0.6 is 11.3 Å². The first-order valence-corrected chi connectivity index (χ1v) is 8.71. The van der Waals surface area contributed by atoms with Crippen molar-refractivity contribution in [1.82, 2.24) is 4.98 Å². The van der Waals surface area contributed by atoms with Gasteiger partial charge in [-0.05, 0) is 38.1 Å². The van der Waals surface area contributed by atoms with Crippen LogP contribution in [-0.4, -0.2) is 23.3 Å². The Balaban J connectivity index is 2.07. The van der Waals surface area contributed by atoms with Crippen molar-refractivity contribution in [1.29, 1.82) is 0 Å². The molecule has 2 N–H and O–H groups in total. The smallest absolute Gasteiger partial charge is 0.119 e. The lowest BCUT2D eigenvalue weighted by Crippen LogP contribution is -2.10. The molecule has 2 aromatic rings. The molecule has 0 aliphatic rings. The van der Waals surface area contributed by atoms with Gasteiger partial charge in [0.2, 0.25) is 0 Å². The van der Waals surface area contributed by atoms with Crippen molar-refractivity contribution >= 4 is 17.0 Å². The van der Waals surface area contributed by atoms with Gasteiger partial charge in [-0.25, -0.2) is 4.98 Å². The highest BCUT2D eigenvalue weighted by atomic mass is 32.1. The molecule has 1 aromatic carbocycles. The molecule has 4 nitrogen and oxygen atoms in total. The van der Waals surface area contributed by atoms with Crippen LogP contribution in [-0.2, 0) is 5.41 Å². The predicted octanol–water partition coefficient (Wildman–Crippen LogP) is 4.29. The average Bonchev–Trinajstić information content (AvgIpc) is 2.89. The number of aliphatic hydroxyl groups is 1. The van der Waals surface area contributed by atoms with Crippen molar-refractivity contribution in [3.05, 3.63) is 39.8 Å². The van der Waals surface area contributed by atoms with Gasteiger partial charge in [-0.1, -0.05) is 20.8 Å². The molecule has 0 saturated heterocycles. The number of nitrogens with one attached hydrogen (secondary N) is 1. The van der Waals surface area contributed by atoms with Crippen LogP contribution in [0.4, 0.5) is 5.69 Å². The van der Waals surface area contributed by atoms with E-state index in [2.05, 4.69) is 39.9 Å². The standard InChI is InChI=1S/C18H26N2O2S/c1-12(16-13(2)20-17(23-16)18(3,4)5)19-14-6-8-15(9-7-14)22-11-10-21/h6-9,12,19,21H,10-11H2,1-5H3. The lowest BCUT2D eigenvalue weighted by atomic mass is 9.98. The molecule has 0 amide bonds. The third kappa shape index (κ3) is 4.69. The monoisotopic (exact) mass is 334 g/mol. The number of aryl methyl sites for hydroxylation is 1. The van der Waals surface area contributed by atoms with E-state index in [1.807, 2.05) is 24.3 Å². The lowest BCUT2D eigenvalue weighted by Gasteiger charge is -2.16. The fourth-order valence-electron chi connectivity index (χ4n) is 2.26. The number of aliphatic hydroxyl groups excluding tert-OH is 1. The van der Waals surface area contributed by atoms with Gasteiger partial charge in [0.15, 0.2) is 0 Å². The topological polar surface area (TPSA) is 54.4 Å². The average molecular weight is 334 g/mol. The zero-order chi connectivity index (χ0) is 17.0. The van der Waals surface area contributed by atoms with Crippen LogP contribution < -0.4 is 10.1 Å². The summed E-state index contributed by atoms with van der Waals surface area (Å²) < 4.78 is 5.37. The first kappa shape index (κ1) is 17.8. The van der Waals surface area contributed by atoms with Crippen LogP contribution in [0.2, 0.25) is 0 Å². The molecule has 2 rings (SSSR count). The maximum Gasteiger partial charge on any atom is 0.119 e. The number of benzene rings is 1. The van der Waals surface area contributed by atoms with Gasteiger partial charge in [-0.3, -0.25) is 0 Å². The Hall–Kier alpha value is -1.59. The summed E-state index contributed by atoms with van der Waals surface area (Å²) in [5.41, 5.74) is 2.22. The molecule has 1 heterocycles. The molecule has 1 aromatic heterocycles. The summed E-state index contributed by atoms with van der Waals surface area (Å²) >= 11 is 1.78. The van der Waals surface area contributed by atoms with Crippen molar-refractivity contribution < 1.29 is 9.84 Å². The largest absolute Gasteiger partial charge is 0.491 e. The molecule has 0 aliphatic heterocycles. The third-order valence-corrected chi connectivity index (χ3v) is 5.23. The highest BCUT2D eigenvalue weighted by Gasteiger charge is 2.22. The minimum atomic E-state index is 0.0256. The Kier molecular flexibility index (Phi) is 5.65. The molecule has 1 unspecified atom stereocenters. The van der Waals surface area contributed by atoms with Gasteiger partial charge in [0, 0.05) is 16.0 Å². The molecule has 0 fully saturated rings. The van der Waals surface area contributed by atoms with E-state index >= 15 is 0 Å². The van der Waals surface area contributed by atoms with E-state index in [0.29, 0.717) is 6.61 Å². The van der Waals surface area contributed by atoms with Crippen molar-refractivity contribution in [3.8, 4) is 5.75 Å². The SMILES string of the molecule is Cc1nc(C(C)(C)C)sc1C(C)Nc1ccc(OCCO)cc1. The first-order valence-electron chi connectivity index (χ1n) is 7.89. The van der Waals surface area contributed by atoms with E-state index in [9.17, 15) is 0 Å². The van der Waals surface area contributed by atoms with E-state index in [1.54, 1.807) is 11.3 Å². The maximum absolute atomic E-state index is 8.77.